The number of benzene rings is 3. The third-order valence-corrected chi connectivity index (χ3v) is 5.87. The lowest BCUT2D eigenvalue weighted by Gasteiger charge is -2.41. The van der Waals surface area contributed by atoms with E-state index in [1.807, 2.05) is 24.3 Å². The Labute approximate surface area is 181 Å². The molecule has 2 heteroatoms. The molecule has 0 aliphatic carbocycles. The molecular formula is C28H33NO. The van der Waals surface area contributed by atoms with Crippen molar-refractivity contribution in [1.82, 2.24) is 4.90 Å². The van der Waals surface area contributed by atoms with E-state index < -0.39 is 11.5 Å². The standard InChI is InChI=1S/C28H33NO/c1-4-28(2,3)27(30)26(20-23-14-8-5-9-15-23)29(21-24-16-10-6-11-17-24)22-25-18-12-7-13-19-25/h4-19,26-27,30H,1,20-22H2,2-3H3/t26-,27-/m0/s1. The molecule has 0 aliphatic heterocycles. The molecule has 3 aromatic rings. The van der Waals surface area contributed by atoms with E-state index in [0.29, 0.717) is 0 Å². The fourth-order valence-corrected chi connectivity index (χ4v) is 3.84. The van der Waals surface area contributed by atoms with E-state index in [2.05, 4.69) is 98.1 Å². The van der Waals surface area contributed by atoms with Crippen LogP contribution in [0.15, 0.2) is 104 Å². The summed E-state index contributed by atoms with van der Waals surface area (Å²) in [7, 11) is 0. The van der Waals surface area contributed by atoms with Gasteiger partial charge in [0.2, 0.25) is 0 Å². The van der Waals surface area contributed by atoms with E-state index in [1.165, 1.54) is 16.7 Å². The summed E-state index contributed by atoms with van der Waals surface area (Å²) in [5.41, 5.74) is 3.32. The predicted octanol–water partition coefficient (Wildman–Crippen LogP) is 5.87. The zero-order chi connectivity index (χ0) is 21.4. The van der Waals surface area contributed by atoms with Crippen LogP contribution >= 0.6 is 0 Å². The quantitative estimate of drug-likeness (QED) is 0.431. The molecule has 0 unspecified atom stereocenters. The molecule has 0 fully saturated rings. The van der Waals surface area contributed by atoms with Crippen LogP contribution in [0.2, 0.25) is 0 Å². The number of aliphatic hydroxyl groups is 1. The lowest BCUT2D eigenvalue weighted by molar-refractivity contribution is -0.0143. The molecule has 2 nitrogen and oxygen atoms in total. The molecular weight excluding hydrogens is 366 g/mol. The molecule has 0 radical (unpaired) electrons. The van der Waals surface area contributed by atoms with Crippen molar-refractivity contribution in [1.29, 1.82) is 0 Å². The Hall–Kier alpha value is -2.68. The molecule has 0 aromatic heterocycles. The van der Waals surface area contributed by atoms with Crippen molar-refractivity contribution in [3.8, 4) is 0 Å². The molecule has 0 spiro atoms. The highest BCUT2D eigenvalue weighted by atomic mass is 16.3. The highest BCUT2D eigenvalue weighted by Gasteiger charge is 2.35. The maximum absolute atomic E-state index is 11.5. The van der Waals surface area contributed by atoms with Crippen LogP contribution in [0.3, 0.4) is 0 Å². The number of hydrogen-bond donors (Lipinski definition) is 1. The lowest BCUT2D eigenvalue weighted by atomic mass is 9.80. The molecule has 30 heavy (non-hydrogen) atoms. The number of nitrogens with zero attached hydrogens (tertiary/aromatic N) is 1. The van der Waals surface area contributed by atoms with Gasteiger partial charge in [-0.05, 0) is 23.1 Å². The average Bonchev–Trinajstić information content (AvgIpc) is 2.79. The minimum absolute atomic E-state index is 0.0548. The Morgan fingerprint density at radius 1 is 0.767 bits per heavy atom. The van der Waals surface area contributed by atoms with Gasteiger partial charge in [-0.15, -0.1) is 6.58 Å². The molecule has 0 bridgehead atoms. The summed E-state index contributed by atoms with van der Waals surface area (Å²) in [5.74, 6) is 0. The van der Waals surface area contributed by atoms with Crippen LogP contribution in [-0.4, -0.2) is 22.2 Å². The number of rotatable bonds is 10. The largest absolute Gasteiger partial charge is 0.391 e. The van der Waals surface area contributed by atoms with Crippen molar-refractivity contribution in [3.05, 3.63) is 120 Å². The van der Waals surface area contributed by atoms with Gasteiger partial charge in [0.05, 0.1) is 6.10 Å². The first-order valence-electron chi connectivity index (χ1n) is 10.7. The molecule has 156 valence electrons. The number of aliphatic hydroxyl groups excluding tert-OH is 1. The predicted molar refractivity (Wildman–Crippen MR) is 126 cm³/mol. The van der Waals surface area contributed by atoms with Crippen LogP contribution in [0.25, 0.3) is 0 Å². The number of hydrogen-bond acceptors (Lipinski definition) is 2. The molecule has 0 saturated heterocycles. The van der Waals surface area contributed by atoms with Crippen LogP contribution in [-0.2, 0) is 19.5 Å². The average molecular weight is 400 g/mol. The van der Waals surface area contributed by atoms with Crippen molar-refractivity contribution in [3.63, 3.8) is 0 Å². The van der Waals surface area contributed by atoms with Crippen LogP contribution in [0.4, 0.5) is 0 Å². The maximum Gasteiger partial charge on any atom is 0.0783 e. The Morgan fingerprint density at radius 2 is 1.17 bits per heavy atom. The van der Waals surface area contributed by atoms with Gasteiger partial charge in [-0.25, -0.2) is 0 Å². The summed E-state index contributed by atoms with van der Waals surface area (Å²) in [6, 6.07) is 31.4. The highest BCUT2D eigenvalue weighted by Crippen LogP contribution is 2.30. The summed E-state index contributed by atoms with van der Waals surface area (Å²) in [6.07, 6.45) is 2.10. The van der Waals surface area contributed by atoms with Crippen molar-refractivity contribution < 1.29 is 5.11 Å². The first kappa shape index (κ1) is 22.0. The second-order valence-corrected chi connectivity index (χ2v) is 8.60. The van der Waals surface area contributed by atoms with Gasteiger partial charge in [0.15, 0.2) is 0 Å². The Balaban J connectivity index is 1.98. The first-order valence-corrected chi connectivity index (χ1v) is 10.7. The van der Waals surface area contributed by atoms with Gasteiger partial charge in [0, 0.05) is 24.5 Å². The third kappa shape index (κ3) is 5.91. The van der Waals surface area contributed by atoms with E-state index in [1.54, 1.807) is 0 Å². The summed E-state index contributed by atoms with van der Waals surface area (Å²) >= 11 is 0. The van der Waals surface area contributed by atoms with E-state index in [-0.39, 0.29) is 6.04 Å². The van der Waals surface area contributed by atoms with Crippen molar-refractivity contribution in [2.45, 2.75) is 45.5 Å². The topological polar surface area (TPSA) is 23.5 Å². The van der Waals surface area contributed by atoms with Gasteiger partial charge in [0.1, 0.15) is 0 Å². The minimum atomic E-state index is -0.553. The molecule has 0 saturated carbocycles. The van der Waals surface area contributed by atoms with Crippen LogP contribution < -0.4 is 0 Å². The molecule has 3 aromatic carbocycles. The summed E-state index contributed by atoms with van der Waals surface area (Å²) in [6.45, 7) is 9.67. The first-order chi connectivity index (χ1) is 14.5. The second-order valence-electron chi connectivity index (χ2n) is 8.60. The fourth-order valence-electron chi connectivity index (χ4n) is 3.84. The van der Waals surface area contributed by atoms with Gasteiger partial charge in [-0.1, -0.05) is 111 Å². The zero-order valence-corrected chi connectivity index (χ0v) is 18.1. The van der Waals surface area contributed by atoms with Gasteiger partial charge < -0.3 is 5.11 Å². The van der Waals surface area contributed by atoms with Gasteiger partial charge >= 0.3 is 0 Å². The van der Waals surface area contributed by atoms with Crippen molar-refractivity contribution >= 4 is 0 Å². The monoisotopic (exact) mass is 399 g/mol. The minimum Gasteiger partial charge on any atom is -0.391 e. The van der Waals surface area contributed by atoms with E-state index in [0.717, 1.165) is 19.5 Å². The van der Waals surface area contributed by atoms with Crippen molar-refractivity contribution in [2.24, 2.45) is 5.41 Å². The zero-order valence-electron chi connectivity index (χ0n) is 18.1. The second kappa shape index (κ2) is 10.4. The lowest BCUT2D eigenvalue weighted by Crippen LogP contribution is -2.50. The van der Waals surface area contributed by atoms with Gasteiger partial charge in [0.25, 0.3) is 0 Å². The molecule has 0 aliphatic rings. The summed E-state index contributed by atoms with van der Waals surface area (Å²) in [5, 5.41) is 11.5. The van der Waals surface area contributed by atoms with Crippen LogP contribution in [0, 0.1) is 5.41 Å². The van der Waals surface area contributed by atoms with E-state index in [4.69, 9.17) is 0 Å². The normalized spacial score (nSPS) is 13.7. The molecule has 0 amide bonds. The Kier molecular flexibility index (Phi) is 7.62. The van der Waals surface area contributed by atoms with Crippen LogP contribution in [0.5, 0.6) is 0 Å². The molecule has 0 heterocycles. The Bertz CT molecular complexity index is 848. The third-order valence-electron chi connectivity index (χ3n) is 5.87. The summed E-state index contributed by atoms with van der Waals surface area (Å²) in [4.78, 5) is 2.41. The van der Waals surface area contributed by atoms with Gasteiger partial charge in [-0.3, -0.25) is 4.90 Å². The Morgan fingerprint density at radius 3 is 1.57 bits per heavy atom. The fraction of sp³-hybridized carbons (Fsp3) is 0.286. The summed E-state index contributed by atoms with van der Waals surface area (Å²) < 4.78 is 0. The SMILES string of the molecule is C=CC(C)(C)[C@@H](O)[C@H](Cc1ccccc1)N(Cc1ccccc1)Cc1ccccc1. The molecule has 1 N–H and O–H groups in total. The molecule has 2 atom stereocenters. The van der Waals surface area contributed by atoms with Crippen LogP contribution in [0.1, 0.15) is 30.5 Å². The highest BCUT2D eigenvalue weighted by molar-refractivity contribution is 5.20. The van der Waals surface area contributed by atoms with Gasteiger partial charge in [-0.2, -0.15) is 0 Å². The van der Waals surface area contributed by atoms with Crippen molar-refractivity contribution in [2.75, 3.05) is 0 Å². The van der Waals surface area contributed by atoms with E-state index in [9.17, 15) is 5.11 Å². The smallest absolute Gasteiger partial charge is 0.0783 e. The maximum atomic E-state index is 11.5. The van der Waals surface area contributed by atoms with E-state index >= 15 is 0 Å². The molecule has 3 rings (SSSR count).